The molecule has 0 unspecified atom stereocenters. The predicted molar refractivity (Wildman–Crippen MR) is 111 cm³/mol. The minimum Gasteiger partial charge on any atom is -0.493 e. The van der Waals surface area contributed by atoms with Crippen LogP contribution in [0, 0.1) is 0 Å². The van der Waals surface area contributed by atoms with Gasteiger partial charge in [0, 0.05) is 0 Å². The SMILES string of the molecule is CCCCCCCCCCCCCCOc1cc(C(=O)OC)ccc1OC. The molecule has 0 amide bonds. The number of rotatable bonds is 16. The van der Waals surface area contributed by atoms with Crippen molar-refractivity contribution in [3.8, 4) is 11.5 Å². The van der Waals surface area contributed by atoms with E-state index in [1.165, 1.54) is 77.7 Å². The van der Waals surface area contributed by atoms with Gasteiger partial charge in [0.25, 0.3) is 0 Å². The lowest BCUT2D eigenvalue weighted by Gasteiger charge is -2.12. The van der Waals surface area contributed by atoms with Crippen LogP contribution in [0.1, 0.15) is 94.3 Å². The van der Waals surface area contributed by atoms with Crippen molar-refractivity contribution in [1.82, 2.24) is 0 Å². The van der Waals surface area contributed by atoms with Gasteiger partial charge in [0.2, 0.25) is 0 Å². The van der Waals surface area contributed by atoms with Crippen molar-refractivity contribution in [2.45, 2.75) is 84.0 Å². The molecule has 0 saturated heterocycles. The molecule has 0 aromatic heterocycles. The monoisotopic (exact) mass is 378 g/mol. The maximum Gasteiger partial charge on any atom is 0.337 e. The number of esters is 1. The average molecular weight is 379 g/mol. The third-order valence-electron chi connectivity index (χ3n) is 4.84. The number of hydrogen-bond acceptors (Lipinski definition) is 4. The molecule has 1 aromatic rings. The zero-order valence-corrected chi connectivity index (χ0v) is 17.6. The Morgan fingerprint density at radius 3 is 1.85 bits per heavy atom. The molecule has 0 heterocycles. The Hall–Kier alpha value is -1.71. The van der Waals surface area contributed by atoms with Crippen molar-refractivity contribution >= 4 is 5.97 Å². The molecule has 0 N–H and O–H groups in total. The highest BCUT2D eigenvalue weighted by Crippen LogP contribution is 2.28. The molecule has 0 aliphatic rings. The van der Waals surface area contributed by atoms with Gasteiger partial charge in [0.1, 0.15) is 0 Å². The number of carbonyl (C=O) groups excluding carboxylic acids is 1. The third kappa shape index (κ3) is 10.3. The van der Waals surface area contributed by atoms with Crippen LogP contribution in [0.15, 0.2) is 18.2 Å². The minimum atomic E-state index is -0.368. The summed E-state index contributed by atoms with van der Waals surface area (Å²) < 4.78 is 15.9. The van der Waals surface area contributed by atoms with Gasteiger partial charge in [-0.15, -0.1) is 0 Å². The molecule has 0 atom stereocenters. The molecule has 0 spiro atoms. The number of carbonyl (C=O) groups is 1. The maximum atomic E-state index is 11.6. The van der Waals surface area contributed by atoms with E-state index in [0.29, 0.717) is 23.7 Å². The van der Waals surface area contributed by atoms with Gasteiger partial charge in [-0.2, -0.15) is 0 Å². The first kappa shape index (κ1) is 23.3. The highest BCUT2D eigenvalue weighted by molar-refractivity contribution is 5.90. The van der Waals surface area contributed by atoms with Crippen LogP contribution in [0.25, 0.3) is 0 Å². The summed E-state index contributed by atoms with van der Waals surface area (Å²) in [5.74, 6) is 0.873. The van der Waals surface area contributed by atoms with Crippen LogP contribution in [0.5, 0.6) is 11.5 Å². The zero-order chi connectivity index (χ0) is 19.7. The number of ether oxygens (including phenoxy) is 3. The van der Waals surface area contributed by atoms with Gasteiger partial charge < -0.3 is 14.2 Å². The largest absolute Gasteiger partial charge is 0.493 e. The van der Waals surface area contributed by atoms with E-state index in [1.54, 1.807) is 25.3 Å². The summed E-state index contributed by atoms with van der Waals surface area (Å²) in [6, 6.07) is 5.11. The molecule has 0 bridgehead atoms. The zero-order valence-electron chi connectivity index (χ0n) is 17.6. The molecule has 0 radical (unpaired) electrons. The lowest BCUT2D eigenvalue weighted by molar-refractivity contribution is 0.0600. The van der Waals surface area contributed by atoms with Crippen molar-refractivity contribution in [3.63, 3.8) is 0 Å². The lowest BCUT2D eigenvalue weighted by atomic mass is 10.1. The smallest absolute Gasteiger partial charge is 0.337 e. The number of methoxy groups -OCH3 is 2. The Bertz CT molecular complexity index is 513. The lowest BCUT2D eigenvalue weighted by Crippen LogP contribution is -2.04. The molecule has 4 heteroatoms. The van der Waals surface area contributed by atoms with Gasteiger partial charge in [-0.25, -0.2) is 4.79 Å². The molecule has 27 heavy (non-hydrogen) atoms. The van der Waals surface area contributed by atoms with Crippen LogP contribution >= 0.6 is 0 Å². The van der Waals surface area contributed by atoms with E-state index in [9.17, 15) is 4.79 Å². The summed E-state index contributed by atoms with van der Waals surface area (Å²) in [7, 11) is 2.98. The maximum absolute atomic E-state index is 11.6. The van der Waals surface area contributed by atoms with Crippen LogP contribution in [0.2, 0.25) is 0 Å². The van der Waals surface area contributed by atoms with E-state index < -0.39 is 0 Å². The summed E-state index contributed by atoms with van der Waals surface area (Å²) >= 11 is 0. The summed E-state index contributed by atoms with van der Waals surface area (Å²) in [5.41, 5.74) is 0.475. The van der Waals surface area contributed by atoms with E-state index >= 15 is 0 Å². The molecular formula is C23H38O4. The second kappa shape index (κ2) is 15.4. The van der Waals surface area contributed by atoms with Crippen molar-refractivity contribution in [1.29, 1.82) is 0 Å². The summed E-state index contributed by atoms with van der Waals surface area (Å²) in [4.78, 5) is 11.6. The Morgan fingerprint density at radius 2 is 1.33 bits per heavy atom. The fraction of sp³-hybridized carbons (Fsp3) is 0.696. The van der Waals surface area contributed by atoms with Crippen molar-refractivity contribution in [3.05, 3.63) is 23.8 Å². The van der Waals surface area contributed by atoms with Crippen LogP contribution in [0.4, 0.5) is 0 Å². The molecule has 0 saturated carbocycles. The molecule has 1 rings (SSSR count). The van der Waals surface area contributed by atoms with Gasteiger partial charge in [-0.1, -0.05) is 77.6 Å². The first-order chi connectivity index (χ1) is 13.2. The van der Waals surface area contributed by atoms with E-state index in [4.69, 9.17) is 14.2 Å². The standard InChI is InChI=1S/C23H38O4/c1-4-5-6-7-8-9-10-11-12-13-14-15-18-27-22-19-20(23(24)26-3)16-17-21(22)25-2/h16-17,19H,4-15,18H2,1-3H3. The first-order valence-electron chi connectivity index (χ1n) is 10.6. The Labute approximate surface area is 165 Å². The van der Waals surface area contributed by atoms with Crippen LogP contribution in [0.3, 0.4) is 0 Å². The Kier molecular flexibility index (Phi) is 13.3. The van der Waals surface area contributed by atoms with Crippen molar-refractivity contribution < 1.29 is 19.0 Å². The van der Waals surface area contributed by atoms with Gasteiger partial charge in [-0.05, 0) is 24.6 Å². The average Bonchev–Trinajstić information content (AvgIpc) is 2.70. The molecule has 0 fully saturated rings. The van der Waals surface area contributed by atoms with Crippen LogP contribution in [-0.4, -0.2) is 26.8 Å². The summed E-state index contributed by atoms with van der Waals surface area (Å²) in [6.07, 6.45) is 15.8. The highest BCUT2D eigenvalue weighted by atomic mass is 16.5. The second-order valence-electron chi connectivity index (χ2n) is 7.09. The predicted octanol–water partition coefficient (Wildman–Crippen LogP) is 6.56. The van der Waals surface area contributed by atoms with Crippen LogP contribution in [-0.2, 0) is 4.74 Å². The quantitative estimate of drug-likeness (QED) is 0.241. The topological polar surface area (TPSA) is 44.8 Å². The van der Waals surface area contributed by atoms with Gasteiger partial charge in [0.05, 0.1) is 26.4 Å². The Balaban J connectivity index is 2.10. The number of hydrogen-bond donors (Lipinski definition) is 0. The first-order valence-corrected chi connectivity index (χ1v) is 10.6. The summed E-state index contributed by atoms with van der Waals surface area (Å²) in [6.45, 7) is 2.90. The van der Waals surface area contributed by atoms with Gasteiger partial charge in [-0.3, -0.25) is 0 Å². The van der Waals surface area contributed by atoms with Gasteiger partial charge >= 0.3 is 5.97 Å². The molecule has 0 aliphatic heterocycles. The summed E-state index contributed by atoms with van der Waals surface area (Å²) in [5, 5.41) is 0. The number of benzene rings is 1. The van der Waals surface area contributed by atoms with Crippen molar-refractivity contribution in [2.75, 3.05) is 20.8 Å². The normalized spacial score (nSPS) is 10.6. The molecule has 1 aromatic carbocycles. The van der Waals surface area contributed by atoms with Crippen LogP contribution < -0.4 is 9.47 Å². The van der Waals surface area contributed by atoms with Crippen molar-refractivity contribution in [2.24, 2.45) is 0 Å². The fourth-order valence-electron chi connectivity index (χ4n) is 3.16. The third-order valence-corrected chi connectivity index (χ3v) is 4.84. The van der Waals surface area contributed by atoms with E-state index in [1.807, 2.05) is 0 Å². The molecular weight excluding hydrogens is 340 g/mol. The van der Waals surface area contributed by atoms with E-state index in [-0.39, 0.29) is 5.97 Å². The molecule has 4 nitrogen and oxygen atoms in total. The minimum absolute atomic E-state index is 0.368. The fourth-order valence-corrected chi connectivity index (χ4v) is 3.16. The molecule has 0 aliphatic carbocycles. The highest BCUT2D eigenvalue weighted by Gasteiger charge is 2.11. The number of unbranched alkanes of at least 4 members (excludes halogenated alkanes) is 11. The van der Waals surface area contributed by atoms with Gasteiger partial charge in [0.15, 0.2) is 11.5 Å². The van der Waals surface area contributed by atoms with E-state index in [2.05, 4.69) is 6.92 Å². The molecule has 154 valence electrons. The van der Waals surface area contributed by atoms with E-state index in [0.717, 1.165) is 6.42 Å². The Morgan fingerprint density at radius 1 is 0.778 bits per heavy atom. The second-order valence-corrected chi connectivity index (χ2v) is 7.09.